The van der Waals surface area contributed by atoms with Gasteiger partial charge in [0.25, 0.3) is 0 Å². The molecule has 0 saturated carbocycles. The molecule has 0 spiro atoms. The molecule has 1 N–H and O–H groups in total. The van der Waals surface area contributed by atoms with Crippen LogP contribution < -0.4 is 0 Å². The van der Waals surface area contributed by atoms with Crippen molar-refractivity contribution in [3.8, 4) is 0 Å². The number of hydrogen-bond acceptors (Lipinski definition) is 1. The fourth-order valence-electron chi connectivity index (χ4n) is 1.73. The second kappa shape index (κ2) is 16.0. The Hall–Kier alpha value is -0.0400. The Kier molecular flexibility index (Phi) is 9.23. The Morgan fingerprint density at radius 3 is 1.88 bits per heavy atom. The number of aliphatic hydroxyl groups is 1. The topological polar surface area (TPSA) is 20.2 Å². The Balaban J connectivity index is 4.00. The Bertz CT molecular complexity index is 271. The number of hydrogen-bond donors (Lipinski definition) is 1. The molecule has 0 amide bonds. The van der Waals surface area contributed by atoms with Gasteiger partial charge < -0.3 is 5.11 Å². The molecule has 1 nitrogen and oxygen atoms in total. The predicted octanol–water partition coefficient (Wildman–Crippen LogP) is 5.46. The third-order valence-corrected chi connectivity index (χ3v) is 2.87. The number of aliphatic hydroxyl groups excluding tert-OH is 1. The molecule has 0 aromatic rings. The van der Waals surface area contributed by atoms with Crippen molar-refractivity contribution in [2.75, 3.05) is 6.61 Å². The van der Waals surface area contributed by atoms with Crippen LogP contribution in [0.25, 0.3) is 0 Å². The first-order chi connectivity index (χ1) is 10.3. The molecular formula is C16H34O. The van der Waals surface area contributed by atoms with Crippen LogP contribution in [0.4, 0.5) is 0 Å². The summed E-state index contributed by atoms with van der Waals surface area (Å²) in [5, 5.41) is 8.68. The molecule has 0 aliphatic carbocycles. The first kappa shape index (κ1) is 9.83. The SMILES string of the molecule is [2H][C@H](CCCC)C([2H])([2H])C([2H])([2H])CCCCCCCCCO. The zero-order valence-corrected chi connectivity index (χ0v) is 11.5. The molecule has 0 rings (SSSR count). The van der Waals surface area contributed by atoms with Crippen LogP contribution in [0.2, 0.25) is 0 Å². The van der Waals surface area contributed by atoms with Crippen molar-refractivity contribution < 1.29 is 12.0 Å². The Labute approximate surface area is 116 Å². The highest BCUT2D eigenvalue weighted by molar-refractivity contribution is 4.48. The van der Waals surface area contributed by atoms with E-state index < -0.39 is 19.1 Å². The molecule has 0 heterocycles. The van der Waals surface area contributed by atoms with E-state index in [1.54, 1.807) is 0 Å². The first-order valence-corrected chi connectivity index (χ1v) is 7.32. The van der Waals surface area contributed by atoms with Gasteiger partial charge in [0, 0.05) is 13.5 Å². The van der Waals surface area contributed by atoms with Gasteiger partial charge in [0.1, 0.15) is 0 Å². The molecule has 1 heteroatoms. The van der Waals surface area contributed by atoms with E-state index in [1.807, 2.05) is 6.92 Å². The van der Waals surface area contributed by atoms with Crippen LogP contribution in [0.15, 0.2) is 0 Å². The maximum absolute atomic E-state index is 8.68. The van der Waals surface area contributed by atoms with Crippen LogP contribution in [-0.4, -0.2) is 11.7 Å². The molecule has 0 aliphatic rings. The highest BCUT2D eigenvalue weighted by Gasteiger charge is 1.93. The lowest BCUT2D eigenvalue weighted by atomic mass is 10.0. The highest BCUT2D eigenvalue weighted by atomic mass is 16.2. The van der Waals surface area contributed by atoms with E-state index in [9.17, 15) is 0 Å². The van der Waals surface area contributed by atoms with Crippen molar-refractivity contribution in [3.63, 3.8) is 0 Å². The molecule has 0 aromatic heterocycles. The van der Waals surface area contributed by atoms with Gasteiger partial charge in [-0.15, -0.1) is 0 Å². The van der Waals surface area contributed by atoms with Gasteiger partial charge in [-0.05, 0) is 6.42 Å². The minimum absolute atomic E-state index is 0.193. The normalized spacial score (nSPS) is 18.8. The average molecular weight is 247 g/mol. The summed E-state index contributed by atoms with van der Waals surface area (Å²) in [6.45, 7) is 2.25. The molecule has 0 unspecified atom stereocenters. The highest BCUT2D eigenvalue weighted by Crippen LogP contribution is 2.12. The van der Waals surface area contributed by atoms with E-state index in [-0.39, 0.29) is 13.0 Å². The fraction of sp³-hybridized carbons (Fsp3) is 1.00. The van der Waals surface area contributed by atoms with Gasteiger partial charge in [-0.1, -0.05) is 90.3 Å². The number of rotatable bonds is 14. The maximum Gasteiger partial charge on any atom is 0.0431 e. The van der Waals surface area contributed by atoms with Gasteiger partial charge in [-0.25, -0.2) is 0 Å². The second-order valence-corrected chi connectivity index (χ2v) is 4.62. The molecule has 0 saturated heterocycles. The lowest BCUT2D eigenvalue weighted by Crippen LogP contribution is -1.84. The molecule has 1 atom stereocenters. The summed E-state index contributed by atoms with van der Waals surface area (Å²) in [5.74, 6) is 0. The third kappa shape index (κ3) is 16.0. The van der Waals surface area contributed by atoms with Crippen LogP contribution >= 0.6 is 0 Å². The van der Waals surface area contributed by atoms with Crippen molar-refractivity contribution in [2.24, 2.45) is 0 Å². The summed E-state index contributed by atoms with van der Waals surface area (Å²) in [5.41, 5.74) is 0. The minimum Gasteiger partial charge on any atom is -0.396 e. The molecule has 0 aromatic carbocycles. The van der Waals surface area contributed by atoms with Gasteiger partial charge in [0.2, 0.25) is 0 Å². The summed E-state index contributed by atoms with van der Waals surface area (Å²) in [6.07, 6.45) is 4.00. The van der Waals surface area contributed by atoms with Crippen LogP contribution in [0.5, 0.6) is 0 Å². The summed E-state index contributed by atoms with van der Waals surface area (Å²) < 4.78 is 39.9. The Morgan fingerprint density at radius 1 is 0.706 bits per heavy atom. The van der Waals surface area contributed by atoms with Gasteiger partial charge in [-0.2, -0.15) is 0 Å². The van der Waals surface area contributed by atoms with Crippen LogP contribution in [-0.2, 0) is 0 Å². The second-order valence-electron chi connectivity index (χ2n) is 4.62. The summed E-state index contributed by atoms with van der Waals surface area (Å²) in [7, 11) is 0. The Morgan fingerprint density at radius 2 is 1.29 bits per heavy atom. The molecule has 104 valence electrons. The zero-order chi connectivity index (χ0) is 17.1. The maximum atomic E-state index is 8.68. The molecule has 0 aliphatic heterocycles. The van der Waals surface area contributed by atoms with E-state index in [0.29, 0.717) is 12.8 Å². The van der Waals surface area contributed by atoms with Crippen molar-refractivity contribution in [1.29, 1.82) is 0 Å². The van der Waals surface area contributed by atoms with Crippen LogP contribution in [0.1, 0.15) is 104 Å². The van der Waals surface area contributed by atoms with Gasteiger partial charge in [0.15, 0.2) is 0 Å². The van der Waals surface area contributed by atoms with E-state index in [0.717, 1.165) is 51.4 Å². The average Bonchev–Trinajstić information content (AvgIpc) is 2.47. The number of unbranched alkanes of at least 4 members (excludes halogenated alkanes) is 7. The van der Waals surface area contributed by atoms with Crippen molar-refractivity contribution in [2.45, 2.75) is 96.7 Å². The van der Waals surface area contributed by atoms with Crippen LogP contribution in [0, 0.1) is 0 Å². The molecule has 17 heavy (non-hydrogen) atoms. The van der Waals surface area contributed by atoms with Crippen molar-refractivity contribution in [3.05, 3.63) is 0 Å². The largest absolute Gasteiger partial charge is 0.396 e. The molecular weight excluding hydrogens is 208 g/mol. The fourth-order valence-corrected chi connectivity index (χ4v) is 1.73. The minimum atomic E-state index is -2.08. The first-order valence-electron chi connectivity index (χ1n) is 9.90. The van der Waals surface area contributed by atoms with Gasteiger partial charge in [0.05, 0.1) is 0 Å². The van der Waals surface area contributed by atoms with E-state index in [4.69, 9.17) is 12.0 Å². The standard InChI is InChI=1S/C16H34O/c1-2-3-4-5-6-7-8-9-10-11-12-13-14-15-16-17/h17H,2-16H2,1H3/i5D,6D2,7D2/t5-/m1/s1. The summed E-state index contributed by atoms with van der Waals surface area (Å²) >= 11 is 0. The van der Waals surface area contributed by atoms with Crippen LogP contribution in [0.3, 0.4) is 0 Å². The summed E-state index contributed by atoms with van der Waals surface area (Å²) in [6, 6.07) is 0. The monoisotopic (exact) mass is 247 g/mol. The van der Waals surface area contributed by atoms with Gasteiger partial charge >= 0.3 is 0 Å². The van der Waals surface area contributed by atoms with Gasteiger partial charge in [-0.3, -0.25) is 0 Å². The van der Waals surface area contributed by atoms with E-state index in [2.05, 4.69) is 0 Å². The third-order valence-electron chi connectivity index (χ3n) is 2.87. The zero-order valence-electron chi connectivity index (χ0n) is 16.5. The van der Waals surface area contributed by atoms with Crippen molar-refractivity contribution >= 4 is 0 Å². The van der Waals surface area contributed by atoms with Crippen molar-refractivity contribution in [1.82, 2.24) is 0 Å². The smallest absolute Gasteiger partial charge is 0.0431 e. The lowest BCUT2D eigenvalue weighted by molar-refractivity contribution is 0.282. The van der Waals surface area contributed by atoms with E-state index in [1.165, 1.54) is 0 Å². The molecule has 0 bridgehead atoms. The molecule has 0 radical (unpaired) electrons. The quantitative estimate of drug-likeness (QED) is 0.404. The summed E-state index contributed by atoms with van der Waals surface area (Å²) in [4.78, 5) is 0. The molecule has 0 fully saturated rings. The predicted molar refractivity (Wildman–Crippen MR) is 77.4 cm³/mol. The van der Waals surface area contributed by atoms with E-state index >= 15 is 0 Å². The lowest BCUT2D eigenvalue weighted by Gasteiger charge is -2.02.